The molecular formula is C13H20F3N3O. The first-order chi connectivity index (χ1) is 9.27. The summed E-state index contributed by atoms with van der Waals surface area (Å²) >= 11 is 0. The minimum absolute atomic E-state index is 0.170. The second kappa shape index (κ2) is 3.88. The van der Waals surface area contributed by atoms with Crippen LogP contribution < -0.4 is 11.1 Å². The molecule has 0 aromatic carbocycles. The number of carbonyl (C=O) groups is 1. The summed E-state index contributed by atoms with van der Waals surface area (Å²) < 4.78 is 40.5. The normalized spacial score (nSPS) is 44.6. The quantitative estimate of drug-likeness (QED) is 0.822. The number of nitrogens with zero attached hydrogens (tertiary/aromatic N) is 1. The SMILES string of the molecule is CCC1(N2CCCC2)NCC2(C(F)(F)F)CC12C(N)=O. The fourth-order valence-corrected chi connectivity index (χ4v) is 4.71. The highest BCUT2D eigenvalue weighted by Crippen LogP contribution is 2.78. The Bertz CT molecular complexity index is 449. The Labute approximate surface area is 115 Å². The van der Waals surface area contributed by atoms with Crippen LogP contribution in [-0.4, -0.2) is 42.3 Å². The summed E-state index contributed by atoms with van der Waals surface area (Å²) in [6, 6.07) is 0. The predicted octanol–water partition coefficient (Wildman–Crippen LogP) is 1.22. The number of halogens is 3. The van der Waals surface area contributed by atoms with Crippen molar-refractivity contribution in [1.29, 1.82) is 0 Å². The van der Waals surface area contributed by atoms with Gasteiger partial charge in [-0.15, -0.1) is 0 Å². The highest BCUT2D eigenvalue weighted by Gasteiger charge is 2.91. The molecule has 3 atom stereocenters. The Morgan fingerprint density at radius 2 is 1.95 bits per heavy atom. The van der Waals surface area contributed by atoms with Crippen LogP contribution in [0.4, 0.5) is 13.2 Å². The highest BCUT2D eigenvalue weighted by atomic mass is 19.4. The first kappa shape index (κ1) is 14.1. The molecule has 0 aromatic heterocycles. The van der Waals surface area contributed by atoms with Gasteiger partial charge in [0.25, 0.3) is 0 Å². The van der Waals surface area contributed by atoms with Gasteiger partial charge in [0, 0.05) is 6.54 Å². The number of amides is 1. The van der Waals surface area contributed by atoms with E-state index in [1.807, 2.05) is 11.8 Å². The zero-order valence-electron chi connectivity index (χ0n) is 11.5. The van der Waals surface area contributed by atoms with Crippen LogP contribution in [0.1, 0.15) is 32.6 Å². The Hall–Kier alpha value is -0.820. The maximum atomic E-state index is 13.5. The van der Waals surface area contributed by atoms with Crippen molar-refractivity contribution in [2.75, 3.05) is 19.6 Å². The number of primary amides is 1. The lowest BCUT2D eigenvalue weighted by Crippen LogP contribution is -2.63. The number of hydrogen-bond donors (Lipinski definition) is 2. The molecule has 0 spiro atoms. The van der Waals surface area contributed by atoms with Gasteiger partial charge in [-0.1, -0.05) is 6.92 Å². The van der Waals surface area contributed by atoms with E-state index in [4.69, 9.17) is 5.73 Å². The molecule has 3 unspecified atom stereocenters. The molecule has 114 valence electrons. The van der Waals surface area contributed by atoms with Gasteiger partial charge in [0.1, 0.15) is 0 Å². The number of nitrogens with one attached hydrogen (secondary N) is 1. The van der Waals surface area contributed by atoms with Crippen molar-refractivity contribution in [3.63, 3.8) is 0 Å². The van der Waals surface area contributed by atoms with E-state index in [9.17, 15) is 18.0 Å². The van der Waals surface area contributed by atoms with Gasteiger partial charge in [0.15, 0.2) is 0 Å². The number of nitrogens with two attached hydrogens (primary N) is 1. The van der Waals surface area contributed by atoms with Gasteiger partial charge in [0.05, 0.1) is 16.5 Å². The van der Waals surface area contributed by atoms with E-state index in [-0.39, 0.29) is 13.0 Å². The molecule has 1 aliphatic carbocycles. The summed E-state index contributed by atoms with van der Waals surface area (Å²) in [6.07, 6.45) is -2.20. The Kier molecular flexibility index (Phi) is 2.74. The maximum Gasteiger partial charge on any atom is 0.396 e. The van der Waals surface area contributed by atoms with Gasteiger partial charge < -0.3 is 5.73 Å². The molecule has 7 heteroatoms. The van der Waals surface area contributed by atoms with Crippen LogP contribution in [0, 0.1) is 10.8 Å². The largest absolute Gasteiger partial charge is 0.396 e. The zero-order valence-corrected chi connectivity index (χ0v) is 11.5. The van der Waals surface area contributed by atoms with Crippen LogP contribution in [0.25, 0.3) is 0 Å². The molecule has 2 saturated heterocycles. The van der Waals surface area contributed by atoms with Crippen molar-refractivity contribution in [2.45, 2.75) is 44.4 Å². The molecule has 0 radical (unpaired) electrons. The van der Waals surface area contributed by atoms with Gasteiger partial charge in [-0.2, -0.15) is 13.2 Å². The minimum Gasteiger partial charge on any atom is -0.369 e. The fraction of sp³-hybridized carbons (Fsp3) is 0.923. The summed E-state index contributed by atoms with van der Waals surface area (Å²) in [5.41, 5.74) is 1.07. The van der Waals surface area contributed by atoms with Gasteiger partial charge in [0.2, 0.25) is 5.91 Å². The monoisotopic (exact) mass is 291 g/mol. The molecular weight excluding hydrogens is 271 g/mol. The molecule has 3 N–H and O–H groups in total. The second-order valence-corrected chi connectivity index (χ2v) is 6.29. The molecule has 20 heavy (non-hydrogen) atoms. The summed E-state index contributed by atoms with van der Waals surface area (Å²) in [5, 5.41) is 3.04. The van der Waals surface area contributed by atoms with Gasteiger partial charge in [-0.3, -0.25) is 15.0 Å². The molecule has 2 aliphatic heterocycles. The molecule has 0 bridgehead atoms. The van der Waals surface area contributed by atoms with Crippen molar-refractivity contribution < 1.29 is 18.0 Å². The average molecular weight is 291 g/mol. The number of alkyl halides is 3. The molecule has 3 fully saturated rings. The van der Waals surface area contributed by atoms with Crippen LogP contribution in [0.3, 0.4) is 0 Å². The van der Waals surface area contributed by atoms with Crippen molar-refractivity contribution in [1.82, 2.24) is 10.2 Å². The van der Waals surface area contributed by atoms with Crippen molar-refractivity contribution >= 4 is 5.91 Å². The smallest absolute Gasteiger partial charge is 0.369 e. The van der Waals surface area contributed by atoms with Crippen LogP contribution in [-0.2, 0) is 4.79 Å². The third kappa shape index (κ3) is 1.28. The molecule has 1 saturated carbocycles. The van der Waals surface area contributed by atoms with Gasteiger partial charge in [-0.25, -0.2) is 0 Å². The van der Waals surface area contributed by atoms with E-state index in [0.717, 1.165) is 25.9 Å². The summed E-state index contributed by atoms with van der Waals surface area (Å²) in [5.74, 6) is -0.812. The lowest BCUT2D eigenvalue weighted by Gasteiger charge is -2.44. The van der Waals surface area contributed by atoms with E-state index < -0.39 is 28.6 Å². The van der Waals surface area contributed by atoms with Crippen LogP contribution in [0.15, 0.2) is 0 Å². The summed E-state index contributed by atoms with van der Waals surface area (Å²) in [4.78, 5) is 14.0. The maximum absolute atomic E-state index is 13.5. The predicted molar refractivity (Wildman–Crippen MR) is 66.6 cm³/mol. The van der Waals surface area contributed by atoms with E-state index in [2.05, 4.69) is 5.32 Å². The van der Waals surface area contributed by atoms with E-state index in [1.54, 1.807) is 0 Å². The summed E-state index contributed by atoms with van der Waals surface area (Å²) in [7, 11) is 0. The fourth-order valence-electron chi connectivity index (χ4n) is 4.71. The number of likely N-dealkylation sites (tertiary alicyclic amines) is 1. The van der Waals surface area contributed by atoms with Gasteiger partial charge >= 0.3 is 6.18 Å². The molecule has 0 aromatic rings. The zero-order chi connectivity index (χ0) is 14.8. The first-order valence-corrected chi connectivity index (χ1v) is 7.14. The lowest BCUT2D eigenvalue weighted by atomic mass is 9.81. The second-order valence-electron chi connectivity index (χ2n) is 6.29. The number of carbonyl (C=O) groups excluding carboxylic acids is 1. The average Bonchev–Trinajstić information content (AvgIpc) is 2.74. The number of piperidine rings is 1. The Morgan fingerprint density at radius 1 is 1.35 bits per heavy atom. The standard InChI is InChI=1S/C13H20F3N3O/c1-2-12(19-5-3-4-6-19)11(9(17)20)7-10(11,8-18-12)13(14,15)16/h18H,2-8H2,1H3,(H2,17,20). The molecule has 4 nitrogen and oxygen atoms in total. The Balaban J connectivity index is 2.07. The van der Waals surface area contributed by atoms with Crippen LogP contribution >= 0.6 is 0 Å². The molecule has 3 rings (SSSR count). The van der Waals surface area contributed by atoms with E-state index in [0.29, 0.717) is 6.42 Å². The lowest BCUT2D eigenvalue weighted by molar-refractivity contribution is -0.195. The first-order valence-electron chi connectivity index (χ1n) is 7.14. The summed E-state index contributed by atoms with van der Waals surface area (Å²) in [6.45, 7) is 3.08. The molecule has 1 amide bonds. The van der Waals surface area contributed by atoms with Crippen LogP contribution in [0.2, 0.25) is 0 Å². The number of fused-ring (bicyclic) bond motifs is 1. The van der Waals surface area contributed by atoms with E-state index >= 15 is 0 Å². The highest BCUT2D eigenvalue weighted by molar-refractivity contribution is 5.88. The number of hydrogen-bond acceptors (Lipinski definition) is 3. The third-order valence-electron chi connectivity index (χ3n) is 5.77. The molecule has 3 aliphatic rings. The van der Waals surface area contributed by atoms with Gasteiger partial charge in [-0.05, 0) is 38.8 Å². The van der Waals surface area contributed by atoms with E-state index in [1.165, 1.54) is 0 Å². The van der Waals surface area contributed by atoms with Crippen molar-refractivity contribution in [2.24, 2.45) is 16.6 Å². The van der Waals surface area contributed by atoms with Crippen molar-refractivity contribution in [3.05, 3.63) is 0 Å². The minimum atomic E-state index is -4.40. The molecule has 2 heterocycles. The Morgan fingerprint density at radius 3 is 2.35 bits per heavy atom. The topological polar surface area (TPSA) is 58.4 Å². The number of rotatable bonds is 3. The van der Waals surface area contributed by atoms with Crippen LogP contribution in [0.5, 0.6) is 0 Å². The van der Waals surface area contributed by atoms with Crippen molar-refractivity contribution in [3.8, 4) is 0 Å². The third-order valence-corrected chi connectivity index (χ3v) is 5.77.